The highest BCUT2D eigenvalue weighted by Gasteiger charge is 2.25. The van der Waals surface area contributed by atoms with E-state index in [4.69, 9.17) is 0 Å². The maximum absolute atomic E-state index is 12.6. The van der Waals surface area contributed by atoms with Gasteiger partial charge in [-0.25, -0.2) is 22.7 Å². The monoisotopic (exact) mass is 416 g/mol. The largest absolute Gasteiger partial charge is 0.351 e. The van der Waals surface area contributed by atoms with Crippen LogP contribution in [0.5, 0.6) is 0 Å². The van der Waals surface area contributed by atoms with Crippen molar-refractivity contribution in [3.05, 3.63) is 53.0 Å². The van der Waals surface area contributed by atoms with E-state index in [0.717, 1.165) is 10.2 Å². The van der Waals surface area contributed by atoms with Gasteiger partial charge in [0.05, 0.1) is 11.1 Å². The minimum Gasteiger partial charge on any atom is -0.351 e. The van der Waals surface area contributed by atoms with Crippen molar-refractivity contribution >= 4 is 43.3 Å². The minimum atomic E-state index is -3.14. The molecule has 1 aliphatic heterocycles. The van der Waals surface area contributed by atoms with Gasteiger partial charge >= 0.3 is 0 Å². The molecule has 1 fully saturated rings. The smallest absolute Gasteiger partial charge is 0.224 e. The topological polar surface area (TPSA) is 92.3 Å². The van der Waals surface area contributed by atoms with Gasteiger partial charge in [-0.05, 0) is 18.9 Å². The summed E-state index contributed by atoms with van der Waals surface area (Å²) in [5, 5.41) is 4.13. The number of nitrogens with one attached hydrogen (secondary N) is 1. The van der Waals surface area contributed by atoms with Crippen LogP contribution in [0.4, 0.5) is 5.95 Å². The van der Waals surface area contributed by atoms with Gasteiger partial charge in [0.25, 0.3) is 0 Å². The van der Waals surface area contributed by atoms with Crippen molar-refractivity contribution in [1.82, 2.24) is 14.3 Å². The number of hydrogen-bond acceptors (Lipinski definition) is 7. The van der Waals surface area contributed by atoms with Crippen molar-refractivity contribution in [3.63, 3.8) is 0 Å². The van der Waals surface area contributed by atoms with E-state index in [-0.39, 0.29) is 11.8 Å². The zero-order valence-electron chi connectivity index (χ0n) is 15.3. The van der Waals surface area contributed by atoms with E-state index in [1.807, 2.05) is 24.3 Å². The molecule has 146 valence electrons. The predicted octanol–water partition coefficient (Wildman–Crippen LogP) is 2.76. The van der Waals surface area contributed by atoms with Gasteiger partial charge in [0.1, 0.15) is 4.83 Å². The number of thiophene rings is 1. The Morgan fingerprint density at radius 1 is 1.21 bits per heavy atom. The molecule has 1 aromatic carbocycles. The number of hydrogen-bond donors (Lipinski definition) is 1. The summed E-state index contributed by atoms with van der Waals surface area (Å²) in [7, 11) is -3.14. The van der Waals surface area contributed by atoms with E-state index in [2.05, 4.69) is 15.3 Å². The molecule has 0 aliphatic carbocycles. The van der Waals surface area contributed by atoms with Crippen LogP contribution in [0, 0.1) is 0 Å². The first-order valence-electron chi connectivity index (χ1n) is 8.98. The molecule has 1 aliphatic rings. The van der Waals surface area contributed by atoms with Crippen molar-refractivity contribution in [2.75, 3.05) is 24.7 Å². The minimum absolute atomic E-state index is 0.0220. The van der Waals surface area contributed by atoms with Crippen molar-refractivity contribution < 1.29 is 13.2 Å². The molecule has 1 saturated heterocycles. The van der Waals surface area contributed by atoms with Crippen molar-refractivity contribution in [1.29, 1.82) is 0 Å². The van der Waals surface area contributed by atoms with Gasteiger partial charge in [-0.3, -0.25) is 4.79 Å². The number of benzene rings is 1. The predicted molar refractivity (Wildman–Crippen MR) is 110 cm³/mol. The van der Waals surface area contributed by atoms with Crippen LogP contribution >= 0.6 is 11.3 Å². The highest BCUT2D eigenvalue weighted by Crippen LogP contribution is 2.27. The first-order valence-corrected chi connectivity index (χ1v) is 11.6. The van der Waals surface area contributed by atoms with E-state index in [1.165, 1.54) is 21.9 Å². The fraction of sp³-hybridized carbons (Fsp3) is 0.316. The van der Waals surface area contributed by atoms with Crippen molar-refractivity contribution in [2.45, 2.75) is 18.9 Å². The van der Waals surface area contributed by atoms with Crippen LogP contribution in [0.15, 0.2) is 42.6 Å². The first kappa shape index (κ1) is 19.0. The Bertz CT molecular complexity index is 1100. The summed E-state index contributed by atoms with van der Waals surface area (Å²) in [5.41, 5.74) is 0.651. The molecular formula is C19H20N4O3S2. The van der Waals surface area contributed by atoms with Gasteiger partial charge in [0.2, 0.25) is 21.8 Å². The number of carbonyl (C=O) groups is 1. The third-order valence-corrected chi connectivity index (χ3v) is 7.14. The fourth-order valence-electron chi connectivity index (χ4n) is 3.26. The summed E-state index contributed by atoms with van der Waals surface area (Å²) in [5.74, 6) is 0.483. The number of rotatable bonds is 5. The SMILES string of the molecule is CS(=O)(=O)N1CCC(Nc2ncc3cc(C(=O)c4ccccc4)sc3n2)CC1. The molecule has 0 amide bonds. The molecule has 2 aromatic heterocycles. The molecular weight excluding hydrogens is 396 g/mol. The molecule has 3 heterocycles. The average molecular weight is 417 g/mol. The van der Waals surface area contributed by atoms with Gasteiger partial charge in [-0.15, -0.1) is 11.3 Å². The lowest BCUT2D eigenvalue weighted by molar-refractivity contribution is 0.104. The van der Waals surface area contributed by atoms with E-state index in [9.17, 15) is 13.2 Å². The quantitative estimate of drug-likeness (QED) is 0.643. The summed E-state index contributed by atoms with van der Waals surface area (Å²) in [6.07, 6.45) is 4.37. The number of aromatic nitrogens is 2. The van der Waals surface area contributed by atoms with E-state index in [1.54, 1.807) is 18.3 Å². The van der Waals surface area contributed by atoms with Gasteiger partial charge in [-0.1, -0.05) is 30.3 Å². The summed E-state index contributed by atoms with van der Waals surface area (Å²) >= 11 is 1.35. The zero-order chi connectivity index (χ0) is 19.7. The molecule has 0 unspecified atom stereocenters. The molecule has 0 spiro atoms. The number of piperidine rings is 1. The highest BCUT2D eigenvalue weighted by molar-refractivity contribution is 7.88. The molecule has 7 nitrogen and oxygen atoms in total. The highest BCUT2D eigenvalue weighted by atomic mass is 32.2. The molecule has 9 heteroatoms. The van der Waals surface area contributed by atoms with E-state index in [0.29, 0.717) is 42.3 Å². The summed E-state index contributed by atoms with van der Waals surface area (Å²) in [4.78, 5) is 22.9. The normalized spacial score (nSPS) is 16.3. The Hall–Kier alpha value is -2.36. The Labute approximate surface area is 167 Å². The van der Waals surface area contributed by atoms with Crippen LogP contribution < -0.4 is 5.32 Å². The van der Waals surface area contributed by atoms with Crippen LogP contribution in [0.3, 0.4) is 0 Å². The van der Waals surface area contributed by atoms with Crippen LogP contribution in [-0.4, -0.2) is 53.9 Å². The molecule has 3 aromatic rings. The van der Waals surface area contributed by atoms with Crippen molar-refractivity contribution in [3.8, 4) is 0 Å². The van der Waals surface area contributed by atoms with Gasteiger partial charge in [-0.2, -0.15) is 0 Å². The second-order valence-electron chi connectivity index (χ2n) is 6.84. The Morgan fingerprint density at radius 3 is 2.61 bits per heavy atom. The van der Waals surface area contributed by atoms with Crippen LogP contribution in [0.2, 0.25) is 0 Å². The zero-order valence-corrected chi connectivity index (χ0v) is 17.0. The lowest BCUT2D eigenvalue weighted by Crippen LogP contribution is -2.42. The number of ketones is 1. The second kappa shape index (κ2) is 7.57. The summed E-state index contributed by atoms with van der Waals surface area (Å²) in [6.45, 7) is 0.987. The van der Waals surface area contributed by atoms with Gasteiger partial charge in [0.15, 0.2) is 0 Å². The van der Waals surface area contributed by atoms with Crippen LogP contribution in [0.1, 0.15) is 28.1 Å². The molecule has 0 bridgehead atoms. The van der Waals surface area contributed by atoms with E-state index >= 15 is 0 Å². The number of fused-ring (bicyclic) bond motifs is 1. The lowest BCUT2D eigenvalue weighted by Gasteiger charge is -2.30. The third kappa shape index (κ3) is 4.06. The number of nitrogens with zero attached hydrogens (tertiary/aromatic N) is 3. The standard InChI is InChI=1S/C19H20N4O3S2/c1-28(25,26)23-9-7-15(8-10-23)21-19-20-12-14-11-16(27-18(14)22-19)17(24)13-5-3-2-4-6-13/h2-6,11-12,15H,7-10H2,1H3,(H,20,21,22). The number of carbonyl (C=O) groups excluding carboxylic acids is 1. The lowest BCUT2D eigenvalue weighted by atomic mass is 10.1. The van der Waals surface area contributed by atoms with E-state index < -0.39 is 10.0 Å². The number of sulfonamides is 1. The Balaban J connectivity index is 1.47. The maximum atomic E-state index is 12.6. The van der Waals surface area contributed by atoms with Crippen LogP contribution in [-0.2, 0) is 10.0 Å². The molecule has 28 heavy (non-hydrogen) atoms. The maximum Gasteiger partial charge on any atom is 0.224 e. The molecule has 0 radical (unpaired) electrons. The van der Waals surface area contributed by atoms with Gasteiger partial charge in [0, 0.05) is 36.3 Å². The molecule has 4 rings (SSSR count). The molecule has 1 N–H and O–H groups in total. The molecule has 0 atom stereocenters. The fourth-order valence-corrected chi connectivity index (χ4v) is 5.10. The van der Waals surface area contributed by atoms with Gasteiger partial charge < -0.3 is 5.32 Å². The summed E-state index contributed by atoms with van der Waals surface area (Å²) in [6, 6.07) is 11.1. The second-order valence-corrected chi connectivity index (χ2v) is 9.85. The van der Waals surface area contributed by atoms with Crippen LogP contribution in [0.25, 0.3) is 10.2 Å². The Morgan fingerprint density at radius 2 is 1.93 bits per heavy atom. The Kier molecular flexibility index (Phi) is 5.13. The first-order chi connectivity index (χ1) is 13.4. The average Bonchev–Trinajstić information content (AvgIpc) is 3.11. The number of anilines is 1. The third-order valence-electron chi connectivity index (χ3n) is 4.79. The molecule has 0 saturated carbocycles. The van der Waals surface area contributed by atoms with Crippen molar-refractivity contribution in [2.24, 2.45) is 0 Å². The summed E-state index contributed by atoms with van der Waals surface area (Å²) < 4.78 is 24.7.